The number of aliphatic hydroxyl groups is 1. The molecule has 0 heterocycles. The minimum Gasteiger partial charge on any atom is -0.395 e. The minimum absolute atomic E-state index is 0.0396. The van der Waals surface area contributed by atoms with Crippen LogP contribution in [0.2, 0.25) is 0 Å². The maximum Gasteiger partial charge on any atom is 0.251 e. The molecule has 0 aliphatic carbocycles. The Kier molecular flexibility index (Phi) is 5.66. The van der Waals surface area contributed by atoms with Gasteiger partial charge in [-0.3, -0.25) is 4.79 Å². The van der Waals surface area contributed by atoms with Crippen molar-refractivity contribution in [1.29, 1.82) is 0 Å². The summed E-state index contributed by atoms with van der Waals surface area (Å²) in [6.45, 7) is 5.24. The topological polar surface area (TPSA) is 61.4 Å². The maximum atomic E-state index is 11.5. The van der Waals surface area contributed by atoms with Gasteiger partial charge in [-0.25, -0.2) is 0 Å². The molecule has 0 unspecified atom stereocenters. The average Bonchev–Trinajstić information content (AvgIpc) is 2.34. The number of benzene rings is 1. The lowest BCUT2D eigenvalue weighted by Crippen LogP contribution is -2.26. The Hall–Kier alpha value is -1.39. The number of nitrogens with one attached hydrogen (secondary N) is 2. The summed E-state index contributed by atoms with van der Waals surface area (Å²) in [6.07, 6.45) is 0. The molecule has 1 aromatic rings. The number of rotatable bonds is 6. The van der Waals surface area contributed by atoms with Crippen LogP contribution in [0.5, 0.6) is 0 Å². The van der Waals surface area contributed by atoms with Crippen molar-refractivity contribution in [3.05, 3.63) is 35.4 Å². The van der Waals surface area contributed by atoms with E-state index < -0.39 is 0 Å². The fourth-order valence-corrected chi connectivity index (χ4v) is 1.37. The maximum absolute atomic E-state index is 11.5. The summed E-state index contributed by atoms with van der Waals surface area (Å²) in [5, 5.41) is 14.5. The first-order chi connectivity index (χ1) is 8.13. The van der Waals surface area contributed by atoms with Gasteiger partial charge in [0, 0.05) is 24.7 Å². The summed E-state index contributed by atoms with van der Waals surface area (Å²) in [4.78, 5) is 11.5. The van der Waals surface area contributed by atoms with Crippen LogP contribution in [0.3, 0.4) is 0 Å². The first-order valence-corrected chi connectivity index (χ1v) is 5.85. The van der Waals surface area contributed by atoms with Gasteiger partial charge < -0.3 is 15.7 Å². The Morgan fingerprint density at radius 1 is 1.29 bits per heavy atom. The highest BCUT2D eigenvalue weighted by Gasteiger charge is 2.04. The molecule has 3 N–H and O–H groups in total. The molecule has 0 fully saturated rings. The van der Waals surface area contributed by atoms with E-state index in [1.807, 2.05) is 12.1 Å². The van der Waals surface area contributed by atoms with E-state index in [2.05, 4.69) is 24.5 Å². The predicted octanol–water partition coefficient (Wildman–Crippen LogP) is 0.907. The number of carbonyl (C=O) groups excluding carboxylic acids is 1. The molecular formula is C13H20N2O2. The van der Waals surface area contributed by atoms with E-state index in [9.17, 15) is 4.79 Å². The van der Waals surface area contributed by atoms with Crippen LogP contribution >= 0.6 is 0 Å². The molecule has 0 aliphatic heterocycles. The second-order valence-corrected chi connectivity index (χ2v) is 4.21. The second kappa shape index (κ2) is 7.04. The van der Waals surface area contributed by atoms with Gasteiger partial charge in [-0.05, 0) is 17.7 Å². The Balaban J connectivity index is 2.52. The highest BCUT2D eigenvalue weighted by atomic mass is 16.3. The quantitative estimate of drug-likeness (QED) is 0.688. The molecule has 0 aliphatic rings. The van der Waals surface area contributed by atoms with Crippen LogP contribution in [0.1, 0.15) is 29.8 Å². The van der Waals surface area contributed by atoms with E-state index in [1.54, 1.807) is 12.1 Å². The average molecular weight is 236 g/mol. The summed E-state index contributed by atoms with van der Waals surface area (Å²) in [5.74, 6) is -0.151. The van der Waals surface area contributed by atoms with Gasteiger partial charge >= 0.3 is 0 Å². The van der Waals surface area contributed by atoms with Crippen molar-refractivity contribution in [2.75, 3.05) is 13.2 Å². The Bertz CT molecular complexity index is 347. The van der Waals surface area contributed by atoms with Crippen LogP contribution in [0.4, 0.5) is 0 Å². The molecule has 0 saturated carbocycles. The number of aliphatic hydroxyl groups excluding tert-OH is 1. The molecule has 4 nitrogen and oxygen atoms in total. The third-order valence-electron chi connectivity index (χ3n) is 2.33. The smallest absolute Gasteiger partial charge is 0.251 e. The molecule has 0 saturated heterocycles. The summed E-state index contributed by atoms with van der Waals surface area (Å²) >= 11 is 0. The summed E-state index contributed by atoms with van der Waals surface area (Å²) in [6, 6.07) is 7.91. The second-order valence-electron chi connectivity index (χ2n) is 4.21. The molecule has 1 rings (SSSR count). The van der Waals surface area contributed by atoms with Crippen molar-refractivity contribution < 1.29 is 9.90 Å². The fourth-order valence-electron chi connectivity index (χ4n) is 1.37. The SMILES string of the molecule is CC(C)NCc1ccc(C(=O)NCCO)cc1. The van der Waals surface area contributed by atoms with Crippen LogP contribution in [0.25, 0.3) is 0 Å². The van der Waals surface area contributed by atoms with Crippen molar-refractivity contribution in [2.24, 2.45) is 0 Å². The lowest BCUT2D eigenvalue weighted by molar-refractivity contribution is 0.0945. The normalized spacial score (nSPS) is 10.6. The van der Waals surface area contributed by atoms with Gasteiger partial charge in [0.15, 0.2) is 0 Å². The number of hydrogen-bond donors (Lipinski definition) is 3. The number of amides is 1. The van der Waals surface area contributed by atoms with Crippen LogP contribution in [-0.4, -0.2) is 30.2 Å². The van der Waals surface area contributed by atoms with Crippen molar-refractivity contribution >= 4 is 5.91 Å². The van der Waals surface area contributed by atoms with Crippen LogP contribution < -0.4 is 10.6 Å². The largest absolute Gasteiger partial charge is 0.395 e. The van der Waals surface area contributed by atoms with E-state index in [0.29, 0.717) is 11.6 Å². The van der Waals surface area contributed by atoms with Crippen molar-refractivity contribution in [3.8, 4) is 0 Å². The lowest BCUT2D eigenvalue weighted by atomic mass is 10.1. The zero-order valence-electron chi connectivity index (χ0n) is 10.4. The van der Waals surface area contributed by atoms with Crippen molar-refractivity contribution in [2.45, 2.75) is 26.4 Å². The first kappa shape index (κ1) is 13.7. The molecule has 17 heavy (non-hydrogen) atoms. The van der Waals surface area contributed by atoms with Crippen LogP contribution in [0.15, 0.2) is 24.3 Å². The van der Waals surface area contributed by atoms with Crippen LogP contribution in [-0.2, 0) is 6.54 Å². The zero-order valence-corrected chi connectivity index (χ0v) is 10.4. The molecule has 0 spiro atoms. The molecular weight excluding hydrogens is 216 g/mol. The van der Waals surface area contributed by atoms with Crippen molar-refractivity contribution in [1.82, 2.24) is 10.6 Å². The van der Waals surface area contributed by atoms with Gasteiger partial charge in [-0.1, -0.05) is 26.0 Å². The van der Waals surface area contributed by atoms with E-state index in [-0.39, 0.29) is 19.1 Å². The van der Waals surface area contributed by atoms with Gasteiger partial charge in [0.2, 0.25) is 0 Å². The molecule has 0 atom stereocenters. The summed E-state index contributed by atoms with van der Waals surface area (Å²) < 4.78 is 0. The monoisotopic (exact) mass is 236 g/mol. The van der Waals surface area contributed by atoms with E-state index in [4.69, 9.17) is 5.11 Å². The highest BCUT2D eigenvalue weighted by Crippen LogP contribution is 2.04. The Morgan fingerprint density at radius 3 is 2.47 bits per heavy atom. The van der Waals surface area contributed by atoms with Gasteiger partial charge in [-0.15, -0.1) is 0 Å². The molecule has 0 bridgehead atoms. The standard InChI is InChI=1S/C13H20N2O2/c1-10(2)15-9-11-3-5-12(6-4-11)13(17)14-7-8-16/h3-6,10,15-16H,7-9H2,1-2H3,(H,14,17). The summed E-state index contributed by atoms with van der Waals surface area (Å²) in [7, 11) is 0. The highest BCUT2D eigenvalue weighted by molar-refractivity contribution is 5.94. The van der Waals surface area contributed by atoms with Gasteiger partial charge in [0.05, 0.1) is 6.61 Å². The molecule has 1 amide bonds. The molecule has 94 valence electrons. The fraction of sp³-hybridized carbons (Fsp3) is 0.462. The van der Waals surface area contributed by atoms with Crippen LogP contribution in [0, 0.1) is 0 Å². The number of carbonyl (C=O) groups is 1. The van der Waals surface area contributed by atoms with E-state index in [0.717, 1.165) is 12.1 Å². The zero-order chi connectivity index (χ0) is 12.7. The molecule has 4 heteroatoms. The first-order valence-electron chi connectivity index (χ1n) is 5.85. The molecule has 0 radical (unpaired) electrons. The predicted molar refractivity (Wildman–Crippen MR) is 67.8 cm³/mol. The minimum atomic E-state index is -0.151. The van der Waals surface area contributed by atoms with Gasteiger partial charge in [0.1, 0.15) is 0 Å². The third kappa shape index (κ3) is 4.97. The number of hydrogen-bond acceptors (Lipinski definition) is 3. The van der Waals surface area contributed by atoms with E-state index in [1.165, 1.54) is 0 Å². The molecule has 0 aromatic heterocycles. The Labute approximate surface area is 102 Å². The summed E-state index contributed by atoms with van der Waals surface area (Å²) in [5.41, 5.74) is 1.77. The van der Waals surface area contributed by atoms with Crippen molar-refractivity contribution in [3.63, 3.8) is 0 Å². The Morgan fingerprint density at radius 2 is 1.94 bits per heavy atom. The van der Waals surface area contributed by atoms with Gasteiger partial charge in [-0.2, -0.15) is 0 Å². The van der Waals surface area contributed by atoms with E-state index >= 15 is 0 Å². The lowest BCUT2D eigenvalue weighted by Gasteiger charge is -2.08. The third-order valence-corrected chi connectivity index (χ3v) is 2.33. The van der Waals surface area contributed by atoms with Gasteiger partial charge in [0.25, 0.3) is 5.91 Å². The molecule has 1 aromatic carbocycles.